The number of terminal acetylenes is 1. The number of hydrogen-bond acceptors (Lipinski definition) is 26. The Morgan fingerprint density at radius 1 is 0.579 bits per heavy atom. The average molecular weight is 1770 g/mol. The first-order valence-corrected chi connectivity index (χ1v) is 40.6. The first kappa shape index (κ1) is 103. The summed E-state index contributed by atoms with van der Waals surface area (Å²) in [6.45, 7) is 0.894. The standard InChI is InChI=1S/C80H109N19O27/c1-6-8-10-11-12-13-14-25-60(104)89-50(31-44-37-84-48-23-18-16-20-45(44)48)73(119)92-51(33-58(82)102)74(120)94-54(36-66(113)114)75(121)97-68-43(5)126-79(125)55(32-57(101)46-21-15-17-22-47(46)81)95-78(124)67(41(3)30-63(107)108)96-76(122)56(40-100)90-62(106)38-85-70(116)52(34-64(109)110)91-69(115)42(4)87-72(118)53(35-65(111)112)93-71(117)49(88-61(105)39-86-77(68)123)24-19-29-83-59(103)26-28-80(98-99-80)27-9-7-2/h2,15-18,20-23,37,41-43,49-56,67-68,84,100H,6,8-14,19,24-36,38-40,81H2,1,3-5H3,(H2,82,102)(H,83,103)(H,85,116)(H,86,123)(H,87,118)(H,88,105)(H,89,104)(H,90,106)(H,91,115)(H,92,119)(H,93,117)(H,94,120)(H,95,124)(H,96,122)(H,97,121)(H,107,108)(H,109,110)(H,111,112)(H,113,114)/t41-,42-,43-,49+,50+,51-,52+,53+,54+,55+,56-,67+,68+/m1/s1. The fourth-order valence-electron chi connectivity index (χ4n) is 13.0. The van der Waals surface area contributed by atoms with Gasteiger partial charge >= 0.3 is 29.8 Å². The molecular weight excluding hydrogens is 1660 g/mol. The number of nitrogens with zero attached hydrogens (tertiary/aromatic N) is 2. The van der Waals surface area contributed by atoms with Crippen LogP contribution in [0.15, 0.2) is 65.0 Å². The Kier molecular flexibility index (Phi) is 41.6. The number of carboxylic acids is 4. The summed E-state index contributed by atoms with van der Waals surface area (Å²) >= 11 is 0. The number of aliphatic hydroxyl groups excluding tert-OH is 1. The van der Waals surface area contributed by atoms with Gasteiger partial charge in [-0.05, 0) is 62.8 Å². The number of rotatable bonds is 41. The van der Waals surface area contributed by atoms with Crippen LogP contribution in [0.4, 0.5) is 5.69 Å². The van der Waals surface area contributed by atoms with Crippen molar-refractivity contribution in [3.05, 3.63) is 65.9 Å². The molecule has 126 heavy (non-hydrogen) atoms. The molecule has 0 aliphatic carbocycles. The number of hydrogen-bond donors (Lipinski definition) is 22. The van der Waals surface area contributed by atoms with Crippen LogP contribution in [0, 0.1) is 18.3 Å². The number of Topliss-reactive ketones (excluding diaryl/α,β-unsaturated/α-hetero) is 1. The molecule has 2 aliphatic rings. The number of carbonyl (C=O) groups excluding carboxylic acids is 17. The van der Waals surface area contributed by atoms with Crippen molar-refractivity contribution in [2.45, 2.75) is 241 Å². The number of carboxylic acid groups (broad SMARTS) is 4. The van der Waals surface area contributed by atoms with Gasteiger partial charge in [-0.1, -0.05) is 82.7 Å². The molecule has 686 valence electrons. The number of ether oxygens (including phenoxy) is 1. The van der Waals surface area contributed by atoms with Crippen LogP contribution in [-0.2, 0) is 107 Å². The Balaban J connectivity index is 1.62. The summed E-state index contributed by atoms with van der Waals surface area (Å²) in [5.74, 6) is -28.4. The number of aliphatic hydroxyl groups is 1. The van der Waals surface area contributed by atoms with Gasteiger partial charge in [0.2, 0.25) is 88.6 Å². The molecular formula is C80H109N19O27. The molecule has 2 aliphatic heterocycles. The predicted octanol–water partition coefficient (Wildman–Crippen LogP) is -4.11. The molecule has 3 aromatic rings. The average Bonchev–Trinajstić information content (AvgIpc) is 1.66. The SMILES string of the molecule is C#CCCC1(CCC(=O)NCCC[C@@H]2NC(=O)CNC(=O)[C@@H](NC(=O)[C@H](CC(=O)O)NC(=O)[C@@H](CC(N)=O)NC(=O)[C@H](Cc3c[nH]c4ccccc34)NC(=O)CCCCCCCCC)[C@@H](C)OC(=O)[C@H](CC(=O)c3ccccc3N)NC(=O)[C@H]([C@H](C)CC(=O)O)NC(=O)[C@@H](CO)NC(=O)CNC(=O)[C@H](CC(=O)O)NC(=O)[C@@H](C)NC(=O)[C@H](CC(=O)O)NC2=O)N=N1. The topological polar surface area (TPSA) is 730 Å². The van der Waals surface area contributed by atoms with E-state index in [4.69, 9.17) is 22.6 Å². The molecule has 0 radical (unpaired) electrons. The molecule has 1 aromatic heterocycles. The van der Waals surface area contributed by atoms with Gasteiger partial charge in [0.25, 0.3) is 0 Å². The van der Waals surface area contributed by atoms with Gasteiger partial charge in [-0.2, -0.15) is 10.2 Å². The predicted molar refractivity (Wildman–Crippen MR) is 439 cm³/mol. The number of carbonyl (C=O) groups is 21. The van der Waals surface area contributed by atoms with Crippen LogP contribution in [0.25, 0.3) is 10.9 Å². The van der Waals surface area contributed by atoms with Crippen molar-refractivity contribution < 1.29 is 131 Å². The van der Waals surface area contributed by atoms with Crippen LogP contribution in [0.5, 0.6) is 0 Å². The van der Waals surface area contributed by atoms with Gasteiger partial charge in [-0.3, -0.25) is 95.9 Å². The summed E-state index contributed by atoms with van der Waals surface area (Å²) in [5.41, 5.74) is 11.5. The molecule has 1 fully saturated rings. The number of unbranched alkanes of at least 4 members (excludes halogenated alkanes) is 6. The third kappa shape index (κ3) is 35.1. The van der Waals surface area contributed by atoms with Gasteiger partial charge in [-0.15, -0.1) is 12.3 Å². The van der Waals surface area contributed by atoms with Crippen molar-refractivity contribution in [1.29, 1.82) is 0 Å². The van der Waals surface area contributed by atoms with Crippen LogP contribution in [0.3, 0.4) is 0 Å². The second-order valence-corrected chi connectivity index (χ2v) is 30.2. The normalized spacial score (nSPS) is 21.0. The number of amides is 15. The number of cyclic esters (lactones) is 1. The Bertz CT molecular complexity index is 4560. The van der Waals surface area contributed by atoms with Gasteiger partial charge in [0, 0.05) is 79.8 Å². The number of nitrogens with one attached hydrogen (secondary N) is 15. The highest BCUT2D eigenvalue weighted by Gasteiger charge is 2.43. The van der Waals surface area contributed by atoms with Crippen molar-refractivity contribution in [2.75, 3.05) is 32.0 Å². The van der Waals surface area contributed by atoms with Crippen molar-refractivity contribution in [2.24, 2.45) is 21.9 Å². The molecule has 2 aromatic carbocycles. The van der Waals surface area contributed by atoms with Crippen LogP contribution in [0.1, 0.15) is 172 Å². The second kappa shape index (κ2) is 51.2. The summed E-state index contributed by atoms with van der Waals surface area (Å²) < 4.78 is 5.72. The van der Waals surface area contributed by atoms with Crippen LogP contribution in [0.2, 0.25) is 0 Å². The smallest absolute Gasteiger partial charge is 0.329 e. The van der Waals surface area contributed by atoms with E-state index in [9.17, 15) is 126 Å². The molecule has 3 heterocycles. The summed E-state index contributed by atoms with van der Waals surface area (Å²) in [7, 11) is 0. The molecule has 46 heteroatoms. The number of aromatic nitrogens is 1. The third-order valence-corrected chi connectivity index (χ3v) is 20.0. The zero-order valence-corrected chi connectivity index (χ0v) is 69.7. The number of esters is 1. The number of primary amides is 1. The second-order valence-electron chi connectivity index (χ2n) is 30.2. The van der Waals surface area contributed by atoms with Gasteiger partial charge in [-0.25, -0.2) is 4.79 Å². The largest absolute Gasteiger partial charge is 0.481 e. The molecule has 1 saturated heterocycles. The fraction of sp³-hybridized carbons (Fsp3) is 0.537. The lowest BCUT2D eigenvalue weighted by atomic mass is 9.96. The number of H-pyrrole nitrogens is 1. The molecule has 13 atom stereocenters. The Labute approximate surface area is 721 Å². The molecule has 0 spiro atoms. The van der Waals surface area contributed by atoms with Crippen LogP contribution >= 0.6 is 0 Å². The summed E-state index contributed by atoms with van der Waals surface area (Å²) in [6, 6.07) is -11.1. The van der Waals surface area contributed by atoms with Gasteiger partial charge in [0.15, 0.2) is 11.4 Å². The summed E-state index contributed by atoms with van der Waals surface area (Å²) in [5, 5.41) is 89.8. The minimum absolute atomic E-state index is 0.0320. The molecule has 15 amide bonds. The van der Waals surface area contributed by atoms with E-state index >= 15 is 0 Å². The summed E-state index contributed by atoms with van der Waals surface area (Å²) in [6.07, 6.45) is 3.14. The minimum Gasteiger partial charge on any atom is -0.481 e. The Hall–Kier alpha value is -14.0. The first-order chi connectivity index (χ1) is 59.7. The highest BCUT2D eigenvalue weighted by Crippen LogP contribution is 2.37. The number of nitrogens with two attached hydrogens (primary N) is 2. The lowest BCUT2D eigenvalue weighted by Crippen LogP contribution is -2.62. The monoisotopic (exact) mass is 1770 g/mol. The number of ketones is 1. The zero-order valence-electron chi connectivity index (χ0n) is 69.7. The Morgan fingerprint density at radius 3 is 1.75 bits per heavy atom. The van der Waals surface area contributed by atoms with E-state index < -0.39 is 273 Å². The van der Waals surface area contributed by atoms with Crippen molar-refractivity contribution >= 4 is 141 Å². The summed E-state index contributed by atoms with van der Waals surface area (Å²) in [4.78, 5) is 292. The molecule has 0 saturated carbocycles. The van der Waals surface area contributed by atoms with Crippen molar-refractivity contribution in [3.8, 4) is 12.3 Å². The molecule has 5 rings (SSSR count). The van der Waals surface area contributed by atoms with Crippen LogP contribution < -0.4 is 85.9 Å². The van der Waals surface area contributed by atoms with E-state index in [1.807, 2.05) is 16.0 Å². The maximum absolute atomic E-state index is 15.0. The fourth-order valence-corrected chi connectivity index (χ4v) is 13.0. The highest BCUT2D eigenvalue weighted by atomic mass is 16.5. The van der Waals surface area contributed by atoms with Gasteiger partial charge in [0.1, 0.15) is 72.6 Å². The van der Waals surface area contributed by atoms with E-state index in [-0.39, 0.29) is 49.9 Å². The number of anilines is 1. The maximum atomic E-state index is 15.0. The lowest BCUT2D eigenvalue weighted by molar-refractivity contribution is -0.156. The minimum atomic E-state index is -2.50. The first-order valence-electron chi connectivity index (χ1n) is 40.6. The third-order valence-electron chi connectivity index (χ3n) is 20.0. The highest BCUT2D eigenvalue weighted by molar-refractivity contribution is 6.05. The number of benzene rings is 2. The van der Waals surface area contributed by atoms with E-state index in [2.05, 4.69) is 86.5 Å². The number of fused-ring (bicyclic) bond motifs is 1. The van der Waals surface area contributed by atoms with Crippen molar-refractivity contribution in [3.63, 3.8) is 0 Å². The van der Waals surface area contributed by atoms with Crippen LogP contribution in [-0.4, -0.2) is 259 Å². The maximum Gasteiger partial charge on any atom is 0.329 e. The van der Waals surface area contributed by atoms with Gasteiger partial charge < -0.3 is 121 Å². The van der Waals surface area contributed by atoms with Crippen molar-refractivity contribution in [1.82, 2.24) is 79.4 Å². The Morgan fingerprint density at radius 2 is 1.14 bits per heavy atom. The lowest BCUT2D eigenvalue weighted by Gasteiger charge is -2.30. The van der Waals surface area contributed by atoms with E-state index in [0.29, 0.717) is 42.1 Å². The number of para-hydroxylation sites is 2. The zero-order chi connectivity index (χ0) is 93.5. The van der Waals surface area contributed by atoms with E-state index in [1.165, 1.54) is 24.3 Å². The van der Waals surface area contributed by atoms with E-state index in [0.717, 1.165) is 52.9 Å². The number of nitrogen functional groups attached to an aromatic ring is 1. The molecule has 0 unspecified atom stereocenters. The van der Waals surface area contributed by atoms with Gasteiger partial charge in [0.05, 0.1) is 51.8 Å². The molecule has 46 nitrogen and oxygen atoms in total. The molecule has 24 N–H and O–H groups in total. The van der Waals surface area contributed by atoms with E-state index in [1.54, 1.807) is 30.5 Å². The number of aliphatic carboxylic acids is 4. The quantitative estimate of drug-likeness (QED) is 0.00844. The molecule has 0 bridgehead atoms. The number of aromatic amines is 1.